The Balaban J connectivity index is 1.66. The molecule has 11 heteroatoms. The molecule has 4 atom stereocenters. The van der Waals surface area contributed by atoms with Crippen LogP contribution in [0.5, 0.6) is 5.75 Å². The van der Waals surface area contributed by atoms with Gasteiger partial charge in [-0.15, -0.1) is 0 Å². The van der Waals surface area contributed by atoms with Crippen LogP contribution in [0.4, 0.5) is 0 Å². The summed E-state index contributed by atoms with van der Waals surface area (Å²) in [6.07, 6.45) is 1.91. The first-order chi connectivity index (χ1) is 18.8. The molecule has 11 nitrogen and oxygen atoms in total. The molecule has 0 saturated carbocycles. The smallest absolute Gasteiger partial charge is 0.255 e. The Labute approximate surface area is 229 Å². The number of pyridine rings is 1. The van der Waals surface area contributed by atoms with Crippen LogP contribution in [-0.4, -0.2) is 79.3 Å². The van der Waals surface area contributed by atoms with Gasteiger partial charge in [0.05, 0.1) is 11.6 Å². The molecule has 208 valence electrons. The number of hydrogen-bond acceptors (Lipinski definition) is 10. The Kier molecular flexibility index (Phi) is 6.39. The van der Waals surface area contributed by atoms with Gasteiger partial charge < -0.3 is 26.2 Å². The zero-order valence-corrected chi connectivity index (χ0v) is 22.1. The van der Waals surface area contributed by atoms with E-state index < -0.39 is 58.0 Å². The minimum absolute atomic E-state index is 0.00332. The van der Waals surface area contributed by atoms with Gasteiger partial charge in [-0.05, 0) is 63.0 Å². The number of amides is 1. The number of primary amides is 1. The summed E-state index contributed by atoms with van der Waals surface area (Å²) in [7, 11) is 3.15. The summed E-state index contributed by atoms with van der Waals surface area (Å²) in [4.78, 5) is 56.6. The van der Waals surface area contributed by atoms with Crippen LogP contribution in [0.3, 0.4) is 0 Å². The predicted molar refractivity (Wildman–Crippen MR) is 141 cm³/mol. The van der Waals surface area contributed by atoms with Gasteiger partial charge in [-0.25, -0.2) is 0 Å². The van der Waals surface area contributed by atoms with Crippen LogP contribution in [0.2, 0.25) is 0 Å². The van der Waals surface area contributed by atoms with E-state index >= 15 is 0 Å². The maximum absolute atomic E-state index is 13.8. The molecule has 0 radical (unpaired) electrons. The Hall–Kier alpha value is -4.35. The molecular formula is C29H29N3O8. The molecule has 1 heterocycles. The topological polar surface area (TPSA) is 191 Å². The molecule has 3 aliphatic rings. The maximum atomic E-state index is 13.8. The fraction of sp³-hybridized carbons (Fsp3) is 0.345. The second-order valence-electron chi connectivity index (χ2n) is 10.9. The molecule has 0 unspecified atom stereocenters. The highest BCUT2D eigenvalue weighted by Crippen LogP contribution is 2.53. The number of likely N-dealkylation sites (N-methyl/N-ethyl adjacent to an activating group) is 1. The van der Waals surface area contributed by atoms with Crippen LogP contribution in [0, 0.1) is 11.8 Å². The molecule has 2 aromatic rings. The van der Waals surface area contributed by atoms with Crippen molar-refractivity contribution in [1.29, 1.82) is 0 Å². The lowest BCUT2D eigenvalue weighted by atomic mass is 9.58. The lowest BCUT2D eigenvalue weighted by molar-refractivity contribution is -0.148. The quantitative estimate of drug-likeness (QED) is 0.341. The molecule has 40 heavy (non-hydrogen) atoms. The van der Waals surface area contributed by atoms with Gasteiger partial charge in [-0.2, -0.15) is 0 Å². The fourth-order valence-corrected chi connectivity index (χ4v) is 6.46. The maximum Gasteiger partial charge on any atom is 0.255 e. The predicted octanol–water partition coefficient (Wildman–Crippen LogP) is 1.31. The van der Waals surface area contributed by atoms with Crippen molar-refractivity contribution in [3.05, 3.63) is 69.9 Å². The number of Topliss-reactive ketones (excluding diaryl/α,β-unsaturated/α-hetero) is 3. The van der Waals surface area contributed by atoms with Gasteiger partial charge in [0.15, 0.2) is 11.4 Å². The molecule has 1 aromatic heterocycles. The minimum atomic E-state index is -2.69. The molecule has 1 aromatic carbocycles. The number of aliphatic hydroxyl groups is 3. The zero-order chi connectivity index (χ0) is 29.3. The van der Waals surface area contributed by atoms with Gasteiger partial charge in [0.1, 0.15) is 28.6 Å². The van der Waals surface area contributed by atoms with Crippen LogP contribution < -0.4 is 5.73 Å². The molecular weight excluding hydrogens is 518 g/mol. The SMILES string of the molecule is CC(=O)Cc1ccc(-c2ccc(O)c3c2C[C@H]2C[C@H]4[C@H](N(C)C)C(O)=C(C(N)=O)C(=O)[C@@]4(O)C(O)=C2C3=O)cn1. The normalized spacial score (nSPS) is 26.0. The van der Waals surface area contributed by atoms with E-state index in [1.807, 2.05) is 0 Å². The van der Waals surface area contributed by atoms with Crippen molar-refractivity contribution in [2.45, 2.75) is 37.8 Å². The summed E-state index contributed by atoms with van der Waals surface area (Å²) in [5.41, 5.74) is 3.87. The number of benzene rings is 1. The Morgan fingerprint density at radius 2 is 1.82 bits per heavy atom. The number of rotatable bonds is 5. The molecule has 3 aliphatic carbocycles. The van der Waals surface area contributed by atoms with Crippen molar-refractivity contribution in [2.24, 2.45) is 17.6 Å². The van der Waals surface area contributed by atoms with Gasteiger partial charge in [0.25, 0.3) is 5.91 Å². The van der Waals surface area contributed by atoms with E-state index in [-0.39, 0.29) is 41.9 Å². The Morgan fingerprint density at radius 3 is 2.40 bits per heavy atom. The van der Waals surface area contributed by atoms with Crippen LogP contribution in [0.25, 0.3) is 11.1 Å². The Bertz CT molecular complexity index is 1560. The second kappa shape index (κ2) is 9.39. The van der Waals surface area contributed by atoms with Gasteiger partial charge in [0.2, 0.25) is 5.78 Å². The van der Waals surface area contributed by atoms with Crippen LogP contribution in [0.1, 0.15) is 35.0 Å². The Morgan fingerprint density at radius 1 is 1.12 bits per heavy atom. The molecule has 6 N–H and O–H groups in total. The van der Waals surface area contributed by atoms with E-state index in [0.717, 1.165) is 0 Å². The number of nitrogens with two attached hydrogens (primary N) is 1. The lowest BCUT2D eigenvalue weighted by Gasteiger charge is -2.50. The molecule has 5 rings (SSSR count). The summed E-state index contributed by atoms with van der Waals surface area (Å²) >= 11 is 0. The monoisotopic (exact) mass is 547 g/mol. The van der Waals surface area contributed by atoms with Crippen molar-refractivity contribution in [1.82, 2.24) is 9.88 Å². The minimum Gasteiger partial charge on any atom is -0.510 e. The third-order valence-electron chi connectivity index (χ3n) is 8.17. The van der Waals surface area contributed by atoms with Crippen molar-refractivity contribution in [3.8, 4) is 16.9 Å². The van der Waals surface area contributed by atoms with E-state index in [4.69, 9.17) is 5.73 Å². The summed E-state index contributed by atoms with van der Waals surface area (Å²) < 4.78 is 0. The van der Waals surface area contributed by atoms with Crippen molar-refractivity contribution < 1.29 is 39.6 Å². The largest absolute Gasteiger partial charge is 0.510 e. The number of carbonyl (C=O) groups is 4. The van der Waals surface area contributed by atoms with Crippen molar-refractivity contribution in [2.75, 3.05) is 14.1 Å². The van der Waals surface area contributed by atoms with Gasteiger partial charge >= 0.3 is 0 Å². The third-order valence-corrected chi connectivity index (χ3v) is 8.17. The molecule has 0 saturated heterocycles. The second-order valence-corrected chi connectivity index (χ2v) is 10.9. The number of nitrogens with zero attached hydrogens (tertiary/aromatic N) is 2. The standard InChI is InChI=1S/C29H29N3O8/c1-12(33)8-15-5-4-13(11-31-15)16-6-7-19(34)21-17(16)9-14-10-18-23(32(2)3)25(36)22(28(30)39)27(38)29(18,40)26(37)20(14)24(21)35/h4-7,11,14,18,23,34,36-37,40H,8-10H2,1-3H3,(H2,30,39)/t14-,18-,23-,29-/m0/s1. The molecule has 0 bridgehead atoms. The van der Waals surface area contributed by atoms with Crippen molar-refractivity contribution >= 4 is 23.3 Å². The highest BCUT2D eigenvalue weighted by Gasteiger charge is 2.63. The van der Waals surface area contributed by atoms with Gasteiger partial charge in [0, 0.05) is 35.4 Å². The van der Waals surface area contributed by atoms with Gasteiger partial charge in [-0.3, -0.25) is 29.1 Å². The summed E-state index contributed by atoms with van der Waals surface area (Å²) in [6, 6.07) is 5.40. The number of fused-ring (bicyclic) bond motifs is 3. The average Bonchev–Trinajstić information content (AvgIpc) is 2.86. The number of phenolic OH excluding ortho intramolecular Hbond substituents is 1. The number of ketones is 3. The summed E-state index contributed by atoms with van der Waals surface area (Å²) in [6.45, 7) is 1.47. The number of aromatic hydroxyl groups is 1. The highest BCUT2D eigenvalue weighted by molar-refractivity contribution is 6.24. The zero-order valence-electron chi connectivity index (χ0n) is 22.1. The van der Waals surface area contributed by atoms with Crippen LogP contribution in [-0.2, 0) is 27.2 Å². The van der Waals surface area contributed by atoms with E-state index in [2.05, 4.69) is 4.98 Å². The third kappa shape index (κ3) is 3.84. The van der Waals surface area contributed by atoms with E-state index in [0.29, 0.717) is 22.4 Å². The number of aliphatic hydroxyl groups excluding tert-OH is 2. The highest BCUT2D eigenvalue weighted by atomic mass is 16.3. The number of hydrogen-bond donors (Lipinski definition) is 5. The number of aromatic nitrogens is 1. The number of phenols is 1. The number of carbonyl (C=O) groups excluding carboxylic acids is 4. The number of allylic oxidation sites excluding steroid dienone is 1. The molecule has 0 fully saturated rings. The lowest BCUT2D eigenvalue weighted by Crippen LogP contribution is -2.63. The van der Waals surface area contributed by atoms with Crippen LogP contribution >= 0.6 is 0 Å². The summed E-state index contributed by atoms with van der Waals surface area (Å²) in [5, 5.41) is 44.7. The van der Waals surface area contributed by atoms with E-state index in [1.165, 1.54) is 17.9 Å². The molecule has 0 spiro atoms. The first kappa shape index (κ1) is 27.2. The average molecular weight is 548 g/mol. The first-order valence-electron chi connectivity index (χ1n) is 12.7. The van der Waals surface area contributed by atoms with Gasteiger partial charge in [-0.1, -0.05) is 12.1 Å². The van der Waals surface area contributed by atoms with E-state index in [1.54, 1.807) is 38.5 Å². The van der Waals surface area contributed by atoms with E-state index in [9.17, 15) is 39.6 Å². The molecule has 1 amide bonds. The van der Waals surface area contributed by atoms with Crippen LogP contribution in [0.15, 0.2) is 53.1 Å². The molecule has 0 aliphatic heterocycles. The van der Waals surface area contributed by atoms with Crippen molar-refractivity contribution in [3.63, 3.8) is 0 Å². The first-order valence-corrected chi connectivity index (χ1v) is 12.7. The fourth-order valence-electron chi connectivity index (χ4n) is 6.46. The summed E-state index contributed by atoms with van der Waals surface area (Å²) in [5.74, 6) is -7.00.